The fourth-order valence-corrected chi connectivity index (χ4v) is 6.75. The Morgan fingerprint density at radius 2 is 1.68 bits per heavy atom. The van der Waals surface area contributed by atoms with Crippen molar-refractivity contribution in [3.8, 4) is 11.1 Å². The summed E-state index contributed by atoms with van der Waals surface area (Å²) in [6.45, 7) is 4.25. The first-order chi connectivity index (χ1) is 19.6. The Labute approximate surface area is 237 Å². The van der Waals surface area contributed by atoms with Gasteiger partial charge in [-0.15, -0.1) is 0 Å². The first kappa shape index (κ1) is 26.0. The number of nitrogens with zero attached hydrogens (tertiary/aromatic N) is 2. The molecule has 6 rings (SSSR count). The highest BCUT2D eigenvalue weighted by Gasteiger charge is 2.36. The summed E-state index contributed by atoms with van der Waals surface area (Å²) in [5.74, 6) is 0.882. The van der Waals surface area contributed by atoms with Gasteiger partial charge in [-0.05, 0) is 48.2 Å². The molecular weight excluding hydrogens is 516 g/mol. The van der Waals surface area contributed by atoms with Crippen LogP contribution >= 0.6 is 0 Å². The largest absolute Gasteiger partial charge is 0.368 e. The molecule has 0 radical (unpaired) electrons. The van der Waals surface area contributed by atoms with Gasteiger partial charge in [0, 0.05) is 24.2 Å². The molecule has 7 heteroatoms. The molecule has 2 heterocycles. The molecule has 0 aromatic heterocycles. The monoisotopic (exact) mass is 548 g/mol. The van der Waals surface area contributed by atoms with Gasteiger partial charge in [-0.25, -0.2) is 4.21 Å². The first-order valence-electron chi connectivity index (χ1n) is 13.7. The predicted molar refractivity (Wildman–Crippen MR) is 162 cm³/mol. The molecule has 202 valence electrons. The third-order valence-electron chi connectivity index (χ3n) is 7.45. The van der Waals surface area contributed by atoms with Crippen LogP contribution in [0.3, 0.4) is 0 Å². The summed E-state index contributed by atoms with van der Waals surface area (Å²) in [6, 6.07) is 31.9. The standard InChI is InChI=1S/C33H32N4O2S/c1-23-10-16-26(17-11-23)40(39)37-30-9-5-4-7-28(30)27-6-2-3-8-29(27)31(37)22-32(38)34-19-18-24-12-14-25(15-13-24)33-35-20-21-36-33/h2-17,31H,18-22H2,1H3,(H,34,38)(H,35,36). The molecule has 0 aliphatic carbocycles. The molecule has 6 nitrogen and oxygen atoms in total. The average molecular weight is 549 g/mol. The maximum Gasteiger partial charge on any atom is 0.222 e. The molecule has 0 saturated carbocycles. The number of fused-ring (bicyclic) bond motifs is 3. The van der Waals surface area contributed by atoms with Crippen LogP contribution in [0.25, 0.3) is 11.1 Å². The summed E-state index contributed by atoms with van der Waals surface area (Å²) < 4.78 is 16.0. The highest BCUT2D eigenvalue weighted by Crippen LogP contribution is 2.47. The number of amidine groups is 1. The van der Waals surface area contributed by atoms with Crippen molar-refractivity contribution in [3.63, 3.8) is 0 Å². The van der Waals surface area contributed by atoms with Crippen LogP contribution in [0, 0.1) is 6.92 Å². The second-order valence-electron chi connectivity index (χ2n) is 10.2. The number of benzene rings is 4. The van der Waals surface area contributed by atoms with E-state index in [0.717, 1.165) is 64.4 Å². The van der Waals surface area contributed by atoms with Crippen LogP contribution < -0.4 is 14.9 Å². The molecule has 0 saturated heterocycles. The van der Waals surface area contributed by atoms with Gasteiger partial charge in [-0.2, -0.15) is 0 Å². The summed E-state index contributed by atoms with van der Waals surface area (Å²) in [7, 11) is -1.49. The Morgan fingerprint density at radius 1 is 0.950 bits per heavy atom. The minimum atomic E-state index is -1.49. The SMILES string of the molecule is Cc1ccc(S(=O)N2c3ccccc3-c3ccccc3C2CC(=O)NCCc2ccc(C3=NCCN3)cc2)cc1. The van der Waals surface area contributed by atoms with E-state index in [2.05, 4.69) is 52.0 Å². The zero-order chi connectivity index (χ0) is 27.5. The van der Waals surface area contributed by atoms with Gasteiger partial charge in [0.2, 0.25) is 5.91 Å². The van der Waals surface area contributed by atoms with Crippen molar-refractivity contribution >= 4 is 28.4 Å². The van der Waals surface area contributed by atoms with Crippen LogP contribution in [0.4, 0.5) is 5.69 Å². The predicted octanol–water partition coefficient (Wildman–Crippen LogP) is 5.34. The van der Waals surface area contributed by atoms with Crippen LogP contribution in [-0.2, 0) is 22.2 Å². The van der Waals surface area contributed by atoms with Crippen molar-refractivity contribution in [1.82, 2.24) is 10.6 Å². The van der Waals surface area contributed by atoms with E-state index in [1.807, 2.05) is 71.9 Å². The number of aryl methyl sites for hydroxylation is 1. The molecule has 40 heavy (non-hydrogen) atoms. The van der Waals surface area contributed by atoms with Gasteiger partial charge in [0.1, 0.15) is 5.84 Å². The second-order valence-corrected chi connectivity index (χ2v) is 11.5. The van der Waals surface area contributed by atoms with Crippen molar-refractivity contribution in [2.24, 2.45) is 4.99 Å². The summed E-state index contributed by atoms with van der Waals surface area (Å²) in [5, 5.41) is 6.40. The molecular formula is C33H32N4O2S. The zero-order valence-corrected chi connectivity index (χ0v) is 23.3. The average Bonchev–Trinajstić information content (AvgIpc) is 3.53. The maximum absolute atomic E-state index is 14.1. The Kier molecular flexibility index (Phi) is 7.47. The molecule has 2 unspecified atom stereocenters. The Hall–Kier alpha value is -4.23. The van der Waals surface area contributed by atoms with Crippen LogP contribution in [0.15, 0.2) is 107 Å². The quantitative estimate of drug-likeness (QED) is 0.312. The van der Waals surface area contributed by atoms with Crippen molar-refractivity contribution in [2.45, 2.75) is 30.7 Å². The fourth-order valence-electron chi connectivity index (χ4n) is 5.40. The number of rotatable bonds is 8. The molecule has 2 aliphatic heterocycles. The van der Waals surface area contributed by atoms with Crippen molar-refractivity contribution < 1.29 is 9.00 Å². The van der Waals surface area contributed by atoms with E-state index >= 15 is 0 Å². The molecule has 0 fully saturated rings. The first-order valence-corrected chi connectivity index (χ1v) is 14.8. The second kappa shape index (κ2) is 11.5. The summed E-state index contributed by atoms with van der Waals surface area (Å²) >= 11 is 0. The normalized spacial score (nSPS) is 16.4. The molecule has 1 amide bonds. The molecule has 2 atom stereocenters. The van der Waals surface area contributed by atoms with Crippen molar-refractivity contribution in [2.75, 3.05) is 23.9 Å². The third kappa shape index (κ3) is 5.29. The lowest BCUT2D eigenvalue weighted by atomic mass is 9.88. The van der Waals surface area contributed by atoms with E-state index in [1.54, 1.807) is 0 Å². The number of amides is 1. The van der Waals surface area contributed by atoms with E-state index in [4.69, 9.17) is 0 Å². The molecule has 4 aromatic rings. The zero-order valence-electron chi connectivity index (χ0n) is 22.5. The van der Waals surface area contributed by atoms with E-state index in [-0.39, 0.29) is 18.4 Å². The number of carbonyl (C=O) groups is 1. The van der Waals surface area contributed by atoms with Crippen LogP contribution in [0.2, 0.25) is 0 Å². The fraction of sp³-hybridized carbons (Fsp3) is 0.212. The summed E-state index contributed by atoms with van der Waals surface area (Å²) in [6.07, 6.45) is 0.933. The van der Waals surface area contributed by atoms with Gasteiger partial charge in [0.15, 0.2) is 11.0 Å². The summed E-state index contributed by atoms with van der Waals surface area (Å²) in [4.78, 5) is 18.5. The third-order valence-corrected chi connectivity index (χ3v) is 8.94. The van der Waals surface area contributed by atoms with Gasteiger partial charge < -0.3 is 10.6 Å². The number of para-hydroxylation sites is 1. The van der Waals surface area contributed by atoms with Crippen LogP contribution in [0.5, 0.6) is 0 Å². The van der Waals surface area contributed by atoms with E-state index < -0.39 is 11.0 Å². The van der Waals surface area contributed by atoms with Gasteiger partial charge >= 0.3 is 0 Å². The molecule has 2 aliphatic rings. The highest BCUT2D eigenvalue weighted by atomic mass is 32.2. The van der Waals surface area contributed by atoms with E-state index in [1.165, 1.54) is 0 Å². The maximum atomic E-state index is 14.1. The Balaban J connectivity index is 1.21. The number of aliphatic imine (C=N–C) groups is 1. The van der Waals surface area contributed by atoms with Crippen LogP contribution in [0.1, 0.15) is 34.7 Å². The molecule has 0 spiro atoms. The van der Waals surface area contributed by atoms with Crippen molar-refractivity contribution in [1.29, 1.82) is 0 Å². The number of carbonyl (C=O) groups excluding carboxylic acids is 1. The highest BCUT2D eigenvalue weighted by molar-refractivity contribution is 7.86. The lowest BCUT2D eigenvalue weighted by molar-refractivity contribution is -0.121. The Morgan fingerprint density at radius 3 is 2.42 bits per heavy atom. The topological polar surface area (TPSA) is 73.8 Å². The molecule has 0 bridgehead atoms. The number of anilines is 1. The lowest BCUT2D eigenvalue weighted by Crippen LogP contribution is -2.38. The number of nitrogens with one attached hydrogen (secondary N) is 2. The van der Waals surface area contributed by atoms with E-state index in [9.17, 15) is 9.00 Å². The van der Waals surface area contributed by atoms with Gasteiger partial charge in [0.25, 0.3) is 0 Å². The van der Waals surface area contributed by atoms with Crippen LogP contribution in [-0.4, -0.2) is 35.6 Å². The lowest BCUT2D eigenvalue weighted by Gasteiger charge is -2.38. The minimum Gasteiger partial charge on any atom is -0.368 e. The van der Waals surface area contributed by atoms with Gasteiger partial charge in [0.05, 0.1) is 29.6 Å². The summed E-state index contributed by atoms with van der Waals surface area (Å²) in [5.41, 5.74) is 7.34. The van der Waals surface area contributed by atoms with Crippen molar-refractivity contribution in [3.05, 3.63) is 119 Å². The van der Waals surface area contributed by atoms with E-state index in [0.29, 0.717) is 11.4 Å². The van der Waals surface area contributed by atoms with Gasteiger partial charge in [-0.1, -0.05) is 84.4 Å². The number of hydrogen-bond acceptors (Lipinski definition) is 4. The number of hydrogen-bond donors (Lipinski definition) is 2. The molecule has 2 N–H and O–H groups in total. The smallest absolute Gasteiger partial charge is 0.222 e. The Bertz CT molecular complexity index is 1580. The van der Waals surface area contributed by atoms with Gasteiger partial charge in [-0.3, -0.25) is 14.1 Å². The molecule has 4 aromatic carbocycles. The minimum absolute atomic E-state index is 0.0637.